The molecule has 0 unspecified atom stereocenters. The monoisotopic (exact) mass is 286 g/mol. The van der Waals surface area contributed by atoms with E-state index in [1.54, 1.807) is 12.1 Å². The molecule has 1 aromatic rings. The Hall–Kier alpha value is -2.41. The first-order valence-electron chi connectivity index (χ1n) is 4.98. The number of phenolic OH excluding ortho intramolecular Hbond substituents is 1. The first-order chi connectivity index (χ1) is 8.52. The van der Waals surface area contributed by atoms with Gasteiger partial charge in [-0.05, 0) is 23.8 Å². The van der Waals surface area contributed by atoms with Crippen LogP contribution in [0.5, 0.6) is 11.5 Å². The summed E-state index contributed by atoms with van der Waals surface area (Å²) < 4.78 is 4.93. The Labute approximate surface area is 116 Å². The van der Waals surface area contributed by atoms with Gasteiger partial charge in [-0.3, -0.25) is 21.1 Å². The molecule has 0 aromatic heterocycles. The minimum Gasteiger partial charge on any atom is -0.504 e. The van der Waals surface area contributed by atoms with Crippen LogP contribution >= 0.6 is 12.4 Å². The van der Waals surface area contributed by atoms with Crippen LogP contribution in [0.4, 0.5) is 0 Å². The highest BCUT2D eigenvalue weighted by molar-refractivity contribution is 5.93. The number of benzene rings is 1. The molecule has 0 aliphatic heterocycles. The fraction of sp³-hybridized carbons (Fsp3) is 0.0909. The number of nitrogens with one attached hydrogen (secondary N) is 3. The van der Waals surface area contributed by atoms with Crippen LogP contribution in [0.2, 0.25) is 0 Å². The summed E-state index contributed by atoms with van der Waals surface area (Å²) in [6.07, 6.45) is 2.78. The highest BCUT2D eigenvalue weighted by atomic mass is 35.5. The second-order valence-corrected chi connectivity index (χ2v) is 3.29. The smallest absolute Gasteiger partial charge is 0.262 e. The van der Waals surface area contributed by atoms with Crippen molar-refractivity contribution in [2.45, 2.75) is 0 Å². The highest BCUT2D eigenvalue weighted by Gasteiger charge is 2.01. The van der Waals surface area contributed by atoms with E-state index in [-0.39, 0.29) is 24.1 Å². The Kier molecular flexibility index (Phi) is 6.83. The molecule has 0 heterocycles. The molecule has 0 atom stereocenters. The Bertz CT molecular complexity index is 491. The van der Waals surface area contributed by atoms with Gasteiger partial charge in [0.15, 0.2) is 11.5 Å². The molecule has 0 bridgehead atoms. The maximum absolute atomic E-state index is 11.2. The third kappa shape index (κ3) is 5.64. The van der Waals surface area contributed by atoms with Gasteiger partial charge in [-0.1, -0.05) is 6.07 Å². The summed E-state index contributed by atoms with van der Waals surface area (Å²) >= 11 is 0. The van der Waals surface area contributed by atoms with Gasteiger partial charge in [0, 0.05) is 6.08 Å². The first kappa shape index (κ1) is 16.6. The molecule has 1 aromatic carbocycles. The van der Waals surface area contributed by atoms with Crippen molar-refractivity contribution in [2.75, 3.05) is 7.11 Å². The molecule has 7 nitrogen and oxygen atoms in total. The molecule has 104 valence electrons. The summed E-state index contributed by atoms with van der Waals surface area (Å²) in [5.74, 6) is -0.475. The first-order valence-corrected chi connectivity index (χ1v) is 4.98. The third-order valence-corrected chi connectivity index (χ3v) is 1.95. The maximum Gasteiger partial charge on any atom is 0.262 e. The summed E-state index contributed by atoms with van der Waals surface area (Å²) in [7, 11) is 1.44. The molecule has 0 saturated carbocycles. The van der Waals surface area contributed by atoms with E-state index in [1.165, 1.54) is 25.3 Å². The van der Waals surface area contributed by atoms with Crippen LogP contribution in [0.15, 0.2) is 24.3 Å². The summed E-state index contributed by atoms with van der Waals surface area (Å²) in [5.41, 5.74) is 10.0. The van der Waals surface area contributed by atoms with Gasteiger partial charge >= 0.3 is 0 Å². The molecule has 19 heavy (non-hydrogen) atoms. The lowest BCUT2D eigenvalue weighted by atomic mass is 10.2. The summed E-state index contributed by atoms with van der Waals surface area (Å²) in [6, 6.07) is 4.67. The van der Waals surface area contributed by atoms with E-state index in [1.807, 2.05) is 0 Å². The topological polar surface area (TPSA) is 120 Å². The molecule has 0 radical (unpaired) electrons. The standard InChI is InChI=1S/C11H14N4O3.ClH/c1-18-9-6-7(2-4-8(9)16)3-5-10(17)14-15-11(12)13;/h2-6,16H,1H3,(H,14,17)(H4,12,13,15);1H/b5-3+;. The molecule has 1 amide bonds. The van der Waals surface area contributed by atoms with Crippen molar-refractivity contribution in [1.82, 2.24) is 10.9 Å². The lowest BCUT2D eigenvalue weighted by molar-refractivity contribution is -0.117. The van der Waals surface area contributed by atoms with Crippen molar-refractivity contribution in [3.8, 4) is 11.5 Å². The number of rotatable bonds is 3. The number of aromatic hydroxyl groups is 1. The van der Waals surface area contributed by atoms with Crippen molar-refractivity contribution in [2.24, 2.45) is 5.73 Å². The number of halogens is 1. The number of methoxy groups -OCH3 is 1. The van der Waals surface area contributed by atoms with E-state index in [0.29, 0.717) is 11.3 Å². The van der Waals surface area contributed by atoms with Crippen molar-refractivity contribution in [3.05, 3.63) is 29.8 Å². The molecule has 0 aliphatic carbocycles. The van der Waals surface area contributed by atoms with E-state index in [9.17, 15) is 9.90 Å². The van der Waals surface area contributed by atoms with Gasteiger partial charge in [-0.25, -0.2) is 0 Å². The quantitative estimate of drug-likeness (QED) is 0.238. The van der Waals surface area contributed by atoms with Gasteiger partial charge in [0.1, 0.15) is 0 Å². The molecule has 6 N–H and O–H groups in total. The third-order valence-electron chi connectivity index (χ3n) is 1.95. The summed E-state index contributed by atoms with van der Waals surface area (Å²) in [4.78, 5) is 11.2. The van der Waals surface area contributed by atoms with Crippen molar-refractivity contribution >= 4 is 30.3 Å². The Morgan fingerprint density at radius 3 is 2.74 bits per heavy atom. The molecule has 0 aliphatic rings. The number of ether oxygens (including phenoxy) is 1. The molecule has 0 spiro atoms. The Balaban J connectivity index is 0.00000324. The number of hydrogen-bond acceptors (Lipinski definition) is 4. The number of hydrogen-bond donors (Lipinski definition) is 5. The van der Waals surface area contributed by atoms with Crippen LogP contribution in [0.1, 0.15) is 5.56 Å². The number of amides is 1. The lowest BCUT2D eigenvalue weighted by Crippen LogP contribution is -2.44. The van der Waals surface area contributed by atoms with Gasteiger partial charge in [-0.2, -0.15) is 0 Å². The predicted octanol–water partition coefficient (Wildman–Crippen LogP) is 0.350. The molecule has 0 saturated heterocycles. The SMILES string of the molecule is COc1cc(/C=C/C(=O)NNC(=N)N)ccc1O.Cl. The lowest BCUT2D eigenvalue weighted by Gasteiger charge is -2.04. The Morgan fingerprint density at radius 2 is 2.16 bits per heavy atom. The normalized spacial score (nSPS) is 9.53. The summed E-state index contributed by atoms with van der Waals surface area (Å²) in [5, 5.41) is 16.2. The van der Waals surface area contributed by atoms with Gasteiger partial charge in [0.25, 0.3) is 5.91 Å². The fourth-order valence-electron chi connectivity index (χ4n) is 1.14. The number of hydrazine groups is 1. The van der Waals surface area contributed by atoms with Crippen molar-refractivity contribution in [1.29, 1.82) is 5.41 Å². The van der Waals surface area contributed by atoms with E-state index in [4.69, 9.17) is 15.9 Å². The average molecular weight is 287 g/mol. The number of phenols is 1. The van der Waals surface area contributed by atoms with Gasteiger partial charge in [0.2, 0.25) is 5.96 Å². The van der Waals surface area contributed by atoms with Crippen LogP contribution in [0.3, 0.4) is 0 Å². The molecule has 1 rings (SSSR count). The average Bonchev–Trinajstić information content (AvgIpc) is 2.35. The Morgan fingerprint density at radius 1 is 1.47 bits per heavy atom. The maximum atomic E-state index is 11.2. The largest absolute Gasteiger partial charge is 0.504 e. The fourth-order valence-corrected chi connectivity index (χ4v) is 1.14. The molecular weight excluding hydrogens is 272 g/mol. The molecule has 0 fully saturated rings. The van der Waals surface area contributed by atoms with Crippen LogP contribution in [-0.4, -0.2) is 24.1 Å². The van der Waals surface area contributed by atoms with E-state index < -0.39 is 5.91 Å². The molecular formula is C11H15ClN4O3. The molecule has 8 heteroatoms. The van der Waals surface area contributed by atoms with Crippen LogP contribution in [0.25, 0.3) is 6.08 Å². The van der Waals surface area contributed by atoms with Gasteiger partial charge in [-0.15, -0.1) is 12.4 Å². The highest BCUT2D eigenvalue weighted by Crippen LogP contribution is 2.26. The predicted molar refractivity (Wildman–Crippen MR) is 74.1 cm³/mol. The second kappa shape index (κ2) is 7.83. The number of carbonyl (C=O) groups is 1. The van der Waals surface area contributed by atoms with E-state index >= 15 is 0 Å². The number of carbonyl (C=O) groups excluding carboxylic acids is 1. The summed E-state index contributed by atoms with van der Waals surface area (Å²) in [6.45, 7) is 0. The zero-order chi connectivity index (χ0) is 13.5. The van der Waals surface area contributed by atoms with Crippen LogP contribution in [-0.2, 0) is 4.79 Å². The van der Waals surface area contributed by atoms with E-state index in [0.717, 1.165) is 0 Å². The minimum atomic E-state index is -0.461. The number of nitrogens with two attached hydrogens (primary N) is 1. The van der Waals surface area contributed by atoms with E-state index in [2.05, 4.69) is 10.9 Å². The van der Waals surface area contributed by atoms with Gasteiger partial charge in [0.05, 0.1) is 7.11 Å². The minimum absolute atomic E-state index is 0. The van der Waals surface area contributed by atoms with Crippen LogP contribution < -0.4 is 21.3 Å². The van der Waals surface area contributed by atoms with Crippen molar-refractivity contribution < 1.29 is 14.6 Å². The number of guanidine groups is 1. The van der Waals surface area contributed by atoms with Crippen molar-refractivity contribution in [3.63, 3.8) is 0 Å². The second-order valence-electron chi connectivity index (χ2n) is 3.29. The van der Waals surface area contributed by atoms with Crippen LogP contribution in [0, 0.1) is 5.41 Å². The zero-order valence-electron chi connectivity index (χ0n) is 10.1. The van der Waals surface area contributed by atoms with Gasteiger partial charge < -0.3 is 15.6 Å². The zero-order valence-corrected chi connectivity index (χ0v) is 11.0.